The van der Waals surface area contributed by atoms with Crippen molar-refractivity contribution in [2.75, 3.05) is 6.61 Å². The highest BCUT2D eigenvalue weighted by molar-refractivity contribution is 5.36. The van der Waals surface area contributed by atoms with Crippen molar-refractivity contribution in [2.24, 2.45) is 52.3 Å². The summed E-state index contributed by atoms with van der Waals surface area (Å²) in [4.78, 5) is 10.6. The molecule has 2 N–H and O–H groups in total. The normalized spacial score (nSPS) is 43.0. The van der Waals surface area contributed by atoms with E-state index in [0.717, 1.165) is 38.5 Å². The minimum atomic E-state index is -0.376. The number of rotatable bonds is 8. The second kappa shape index (κ2) is 10.7. The number of nitrogens with zero attached hydrogens (tertiary/aromatic N) is 1. The molecule has 0 heterocycles. The van der Waals surface area contributed by atoms with Crippen molar-refractivity contribution in [3.63, 3.8) is 0 Å². The van der Waals surface area contributed by atoms with E-state index < -0.39 is 0 Å². The van der Waals surface area contributed by atoms with Crippen LogP contribution in [0.15, 0.2) is 24.3 Å². The van der Waals surface area contributed by atoms with Gasteiger partial charge in [0.2, 0.25) is 0 Å². The van der Waals surface area contributed by atoms with Gasteiger partial charge in [0.05, 0.1) is 17.1 Å². The molecule has 11 atom stereocenters. The Morgan fingerprint density at radius 3 is 2.39 bits per heavy atom. The predicted octanol–water partition coefficient (Wildman–Crippen LogP) is 7.02. The summed E-state index contributed by atoms with van der Waals surface area (Å²) in [7, 11) is 0. The van der Waals surface area contributed by atoms with Gasteiger partial charge in [-0.05, 0) is 122 Å². The lowest BCUT2D eigenvalue weighted by Gasteiger charge is -2.65. The standard InChI is InChI=1S/C32H49NO5/c1-5-24-28-19-23(38-22-10-8-21(9-11-22)33(36)37)14-16-32(28,4)27-15-17-31(3)25(20(2)7-6-18-34)12-13-26(31)29(27)30(24)35/h8-11,20,23-30,34-35H,5-7,12-19H2,1-4H3/t20-,23-,24+,25-,26-,27?,28+,29?,30+,31-,32-/m1/s1. The highest BCUT2D eigenvalue weighted by atomic mass is 16.6. The Morgan fingerprint density at radius 2 is 1.74 bits per heavy atom. The average molecular weight is 528 g/mol. The van der Waals surface area contributed by atoms with Gasteiger partial charge in [-0.15, -0.1) is 0 Å². The topological polar surface area (TPSA) is 92.8 Å². The number of nitro benzene ring substituents is 1. The van der Waals surface area contributed by atoms with Crippen LogP contribution in [0.1, 0.15) is 91.9 Å². The molecule has 0 aliphatic heterocycles. The van der Waals surface area contributed by atoms with E-state index in [0.29, 0.717) is 46.7 Å². The lowest BCUT2D eigenvalue weighted by molar-refractivity contribution is -0.384. The Bertz CT molecular complexity index is 983. The largest absolute Gasteiger partial charge is 0.490 e. The van der Waals surface area contributed by atoms with Crippen molar-refractivity contribution in [2.45, 2.75) is 104 Å². The van der Waals surface area contributed by atoms with Crippen LogP contribution in [0, 0.1) is 62.4 Å². The van der Waals surface area contributed by atoms with Crippen LogP contribution in [-0.4, -0.2) is 34.0 Å². The number of non-ortho nitro benzene ring substituents is 1. The van der Waals surface area contributed by atoms with E-state index in [1.165, 1.54) is 37.8 Å². The number of fused-ring (bicyclic) bond motifs is 5. The van der Waals surface area contributed by atoms with E-state index in [9.17, 15) is 20.3 Å². The van der Waals surface area contributed by atoms with E-state index in [-0.39, 0.29) is 40.8 Å². The fraction of sp³-hybridized carbons (Fsp3) is 0.812. The number of aliphatic hydroxyl groups is 2. The summed E-state index contributed by atoms with van der Waals surface area (Å²) in [6.07, 6.45) is 10.9. The zero-order valence-corrected chi connectivity index (χ0v) is 23.9. The summed E-state index contributed by atoms with van der Waals surface area (Å²) >= 11 is 0. The second-order valence-corrected chi connectivity index (χ2v) is 13.8. The third kappa shape index (κ3) is 4.58. The third-order valence-corrected chi connectivity index (χ3v) is 12.3. The van der Waals surface area contributed by atoms with Gasteiger partial charge in [-0.2, -0.15) is 0 Å². The Morgan fingerprint density at radius 1 is 1.05 bits per heavy atom. The fourth-order valence-corrected chi connectivity index (χ4v) is 10.5. The molecule has 212 valence electrons. The second-order valence-electron chi connectivity index (χ2n) is 13.8. The Hall–Kier alpha value is -1.66. The maximum Gasteiger partial charge on any atom is 0.269 e. The number of nitro groups is 1. The van der Waals surface area contributed by atoms with Crippen LogP contribution in [0.5, 0.6) is 5.75 Å². The predicted molar refractivity (Wildman–Crippen MR) is 149 cm³/mol. The van der Waals surface area contributed by atoms with E-state index in [1.54, 1.807) is 12.1 Å². The molecule has 4 aliphatic rings. The number of hydrogen-bond donors (Lipinski definition) is 2. The molecule has 4 saturated carbocycles. The summed E-state index contributed by atoms with van der Waals surface area (Å²) in [6.45, 7) is 10.0. The van der Waals surface area contributed by atoms with Crippen LogP contribution in [0.2, 0.25) is 0 Å². The van der Waals surface area contributed by atoms with Gasteiger partial charge in [0, 0.05) is 18.7 Å². The van der Waals surface area contributed by atoms with Gasteiger partial charge in [-0.3, -0.25) is 10.1 Å². The first-order valence-corrected chi connectivity index (χ1v) is 15.3. The molecule has 4 fully saturated rings. The molecule has 6 nitrogen and oxygen atoms in total. The Balaban J connectivity index is 1.35. The van der Waals surface area contributed by atoms with Crippen molar-refractivity contribution < 1.29 is 19.9 Å². The lowest BCUT2D eigenvalue weighted by atomic mass is 9.41. The number of benzene rings is 1. The van der Waals surface area contributed by atoms with Gasteiger partial charge in [0.1, 0.15) is 5.75 Å². The van der Waals surface area contributed by atoms with E-state index in [2.05, 4.69) is 27.7 Å². The molecule has 2 unspecified atom stereocenters. The van der Waals surface area contributed by atoms with Gasteiger partial charge in [0.15, 0.2) is 0 Å². The highest BCUT2D eigenvalue weighted by Crippen LogP contribution is 2.69. The maximum atomic E-state index is 12.1. The first-order valence-electron chi connectivity index (χ1n) is 15.3. The zero-order valence-electron chi connectivity index (χ0n) is 23.9. The molecule has 1 aromatic carbocycles. The van der Waals surface area contributed by atoms with Crippen LogP contribution in [0.4, 0.5) is 5.69 Å². The smallest absolute Gasteiger partial charge is 0.269 e. The SMILES string of the molecule is CC[C@@H]1[C@H](O)C2C(CC[C@@]3(C)[C@@H]2CC[C@@H]3[C@H](C)CCCO)[C@@]2(C)CC[C@@H](Oc3ccc([N+](=O)[O-])cc3)C[C@@H]12. The van der Waals surface area contributed by atoms with Crippen molar-refractivity contribution in [3.05, 3.63) is 34.4 Å². The first kappa shape index (κ1) is 27.9. The van der Waals surface area contributed by atoms with Gasteiger partial charge >= 0.3 is 0 Å². The molecular formula is C32H49NO5. The molecule has 4 aliphatic carbocycles. The highest BCUT2D eigenvalue weighted by Gasteiger charge is 2.65. The Kier molecular flexibility index (Phi) is 7.87. The quantitative estimate of drug-likeness (QED) is 0.280. The van der Waals surface area contributed by atoms with Crippen molar-refractivity contribution in [1.29, 1.82) is 0 Å². The maximum absolute atomic E-state index is 12.1. The van der Waals surface area contributed by atoms with Gasteiger partial charge in [-0.25, -0.2) is 0 Å². The van der Waals surface area contributed by atoms with Crippen LogP contribution in [0.25, 0.3) is 0 Å². The fourth-order valence-electron chi connectivity index (χ4n) is 10.5. The zero-order chi connectivity index (χ0) is 27.2. The third-order valence-electron chi connectivity index (χ3n) is 12.3. The monoisotopic (exact) mass is 527 g/mol. The van der Waals surface area contributed by atoms with Crippen molar-refractivity contribution in [1.82, 2.24) is 0 Å². The van der Waals surface area contributed by atoms with E-state index in [4.69, 9.17) is 4.74 Å². The van der Waals surface area contributed by atoms with E-state index in [1.807, 2.05) is 0 Å². The molecule has 38 heavy (non-hydrogen) atoms. The van der Waals surface area contributed by atoms with Crippen molar-refractivity contribution >= 4 is 5.69 Å². The van der Waals surface area contributed by atoms with Gasteiger partial charge < -0.3 is 14.9 Å². The number of hydrogen-bond acceptors (Lipinski definition) is 5. The number of aliphatic hydroxyl groups excluding tert-OH is 2. The summed E-state index contributed by atoms with van der Waals surface area (Å²) in [5.74, 6) is 4.31. The van der Waals surface area contributed by atoms with Crippen LogP contribution < -0.4 is 4.74 Å². The molecular weight excluding hydrogens is 478 g/mol. The average Bonchev–Trinajstić information content (AvgIpc) is 3.26. The summed E-state index contributed by atoms with van der Waals surface area (Å²) in [5, 5.41) is 32.5. The summed E-state index contributed by atoms with van der Waals surface area (Å²) in [6, 6.07) is 6.47. The molecule has 0 aromatic heterocycles. The van der Waals surface area contributed by atoms with E-state index >= 15 is 0 Å². The molecule has 6 heteroatoms. The molecule has 0 amide bonds. The molecule has 0 bridgehead atoms. The van der Waals surface area contributed by atoms with Crippen LogP contribution in [0.3, 0.4) is 0 Å². The molecule has 0 spiro atoms. The Labute approximate surface area is 228 Å². The van der Waals surface area contributed by atoms with Crippen LogP contribution in [-0.2, 0) is 0 Å². The molecule has 0 radical (unpaired) electrons. The molecule has 5 rings (SSSR count). The van der Waals surface area contributed by atoms with Crippen molar-refractivity contribution in [3.8, 4) is 5.75 Å². The molecule has 0 saturated heterocycles. The first-order chi connectivity index (χ1) is 18.1. The lowest BCUT2D eigenvalue weighted by Crippen LogP contribution is -2.62. The van der Waals surface area contributed by atoms with Gasteiger partial charge in [-0.1, -0.05) is 34.1 Å². The molecule has 1 aromatic rings. The summed E-state index contributed by atoms with van der Waals surface area (Å²) < 4.78 is 6.38. The minimum absolute atomic E-state index is 0.0855. The summed E-state index contributed by atoms with van der Waals surface area (Å²) in [5.41, 5.74) is 0.610. The number of ether oxygens (including phenoxy) is 1. The van der Waals surface area contributed by atoms with Gasteiger partial charge in [0.25, 0.3) is 5.69 Å². The minimum Gasteiger partial charge on any atom is -0.490 e. The van der Waals surface area contributed by atoms with Crippen LogP contribution >= 0.6 is 0 Å².